The van der Waals surface area contributed by atoms with E-state index < -0.39 is 17.4 Å². The van der Waals surface area contributed by atoms with Gasteiger partial charge in [-0.1, -0.05) is 12.1 Å². The first-order chi connectivity index (χ1) is 14.6. The number of amides is 4. The molecule has 0 radical (unpaired) electrons. The maximum absolute atomic E-state index is 12.9. The molecule has 3 rings (SSSR count). The maximum Gasteiger partial charge on any atom is 0.262 e. The Labute approximate surface area is 179 Å². The van der Waals surface area contributed by atoms with E-state index in [1.807, 2.05) is 0 Å². The molecule has 7 nitrogen and oxygen atoms in total. The first-order valence-electron chi connectivity index (χ1n) is 9.90. The summed E-state index contributed by atoms with van der Waals surface area (Å²) in [5.74, 6) is -1.82. The monoisotopic (exact) mass is 425 g/mol. The standard InChI is InChI=1S/C23H24FN3O4/c1-23(2,3)27-21(30)17-9-6-15(13-18(17)22(27)31)20(29)26-11-10-25-19(28)12-14-4-7-16(24)8-5-14/h4-9,13H,10-12H2,1-3H3,(H,25,28)(H,26,29). The molecule has 4 amide bonds. The average molecular weight is 425 g/mol. The van der Waals surface area contributed by atoms with Crippen molar-refractivity contribution < 1.29 is 23.6 Å². The second-order valence-electron chi connectivity index (χ2n) is 8.29. The smallest absolute Gasteiger partial charge is 0.262 e. The number of imide groups is 1. The average Bonchev–Trinajstić information content (AvgIpc) is 2.97. The predicted molar refractivity (Wildman–Crippen MR) is 112 cm³/mol. The molecule has 1 heterocycles. The van der Waals surface area contributed by atoms with Crippen molar-refractivity contribution in [3.63, 3.8) is 0 Å². The molecule has 1 aliphatic heterocycles. The van der Waals surface area contributed by atoms with Gasteiger partial charge in [0.25, 0.3) is 17.7 Å². The number of rotatable bonds is 6. The number of benzene rings is 2. The minimum Gasteiger partial charge on any atom is -0.354 e. The van der Waals surface area contributed by atoms with Gasteiger partial charge in [-0.05, 0) is 56.7 Å². The highest BCUT2D eigenvalue weighted by Gasteiger charge is 2.42. The van der Waals surface area contributed by atoms with E-state index in [1.165, 1.54) is 47.4 Å². The summed E-state index contributed by atoms with van der Waals surface area (Å²) in [6.45, 7) is 5.71. The number of carbonyl (C=O) groups excluding carboxylic acids is 4. The molecule has 0 aromatic heterocycles. The highest BCUT2D eigenvalue weighted by molar-refractivity contribution is 6.22. The number of fused-ring (bicyclic) bond motifs is 1. The Kier molecular flexibility index (Phi) is 6.19. The molecule has 8 heteroatoms. The summed E-state index contributed by atoms with van der Waals surface area (Å²) in [4.78, 5) is 50.7. The van der Waals surface area contributed by atoms with Crippen LogP contribution in [0.2, 0.25) is 0 Å². The molecule has 2 N–H and O–H groups in total. The maximum atomic E-state index is 12.9. The molecular formula is C23H24FN3O4. The predicted octanol–water partition coefficient (Wildman–Crippen LogP) is 2.31. The molecule has 0 saturated heterocycles. The Morgan fingerprint density at radius 3 is 2.16 bits per heavy atom. The van der Waals surface area contributed by atoms with Crippen molar-refractivity contribution in [1.29, 1.82) is 0 Å². The number of nitrogens with one attached hydrogen (secondary N) is 2. The highest BCUT2D eigenvalue weighted by Crippen LogP contribution is 2.29. The molecule has 0 fully saturated rings. The van der Waals surface area contributed by atoms with Gasteiger partial charge >= 0.3 is 0 Å². The van der Waals surface area contributed by atoms with Crippen LogP contribution in [0.3, 0.4) is 0 Å². The van der Waals surface area contributed by atoms with E-state index in [2.05, 4.69) is 10.6 Å². The summed E-state index contributed by atoms with van der Waals surface area (Å²) in [5.41, 5.74) is 0.768. The fourth-order valence-corrected chi connectivity index (χ4v) is 3.32. The molecule has 0 aliphatic carbocycles. The van der Waals surface area contributed by atoms with Crippen LogP contribution in [-0.2, 0) is 11.2 Å². The molecule has 2 aromatic rings. The number of nitrogens with zero attached hydrogens (tertiary/aromatic N) is 1. The minimum absolute atomic E-state index is 0.111. The SMILES string of the molecule is CC(C)(C)N1C(=O)c2ccc(C(=O)NCCNC(=O)Cc3ccc(F)cc3)cc2C1=O. The molecule has 162 valence electrons. The van der Waals surface area contributed by atoms with E-state index in [0.29, 0.717) is 5.56 Å². The molecule has 0 saturated carbocycles. The minimum atomic E-state index is -0.665. The second-order valence-corrected chi connectivity index (χ2v) is 8.29. The molecule has 0 bridgehead atoms. The van der Waals surface area contributed by atoms with Gasteiger partial charge in [0.15, 0.2) is 0 Å². The Hall–Kier alpha value is -3.55. The van der Waals surface area contributed by atoms with Crippen LogP contribution in [0.5, 0.6) is 0 Å². The van der Waals surface area contributed by atoms with Gasteiger partial charge in [-0.15, -0.1) is 0 Å². The molecule has 0 atom stereocenters. The number of hydrogen-bond acceptors (Lipinski definition) is 4. The van der Waals surface area contributed by atoms with Crippen molar-refractivity contribution in [3.05, 3.63) is 70.5 Å². The molecule has 2 aromatic carbocycles. The summed E-state index contributed by atoms with van der Waals surface area (Å²) in [5, 5.41) is 5.35. The van der Waals surface area contributed by atoms with E-state index in [4.69, 9.17) is 0 Å². The molecule has 31 heavy (non-hydrogen) atoms. The van der Waals surface area contributed by atoms with Crippen molar-refractivity contribution in [2.45, 2.75) is 32.7 Å². The van der Waals surface area contributed by atoms with Gasteiger partial charge in [0.2, 0.25) is 5.91 Å². The summed E-state index contributed by atoms with van der Waals surface area (Å²) in [7, 11) is 0. The lowest BCUT2D eigenvalue weighted by atomic mass is 10.1. The molecule has 0 unspecified atom stereocenters. The van der Waals surface area contributed by atoms with E-state index >= 15 is 0 Å². The Morgan fingerprint density at radius 1 is 0.903 bits per heavy atom. The van der Waals surface area contributed by atoms with Gasteiger partial charge in [-0.25, -0.2) is 4.39 Å². The highest BCUT2D eigenvalue weighted by atomic mass is 19.1. The van der Waals surface area contributed by atoms with Gasteiger partial charge < -0.3 is 10.6 Å². The van der Waals surface area contributed by atoms with E-state index in [0.717, 1.165) is 0 Å². The first-order valence-corrected chi connectivity index (χ1v) is 9.90. The van der Waals surface area contributed by atoms with Crippen LogP contribution < -0.4 is 10.6 Å². The van der Waals surface area contributed by atoms with Crippen LogP contribution in [-0.4, -0.2) is 47.2 Å². The van der Waals surface area contributed by atoms with Crippen LogP contribution in [0.4, 0.5) is 4.39 Å². The molecular weight excluding hydrogens is 401 g/mol. The lowest BCUT2D eigenvalue weighted by Gasteiger charge is -2.29. The summed E-state index contributed by atoms with van der Waals surface area (Å²) in [6.07, 6.45) is 0.111. The fourth-order valence-electron chi connectivity index (χ4n) is 3.32. The Bertz CT molecular complexity index is 1040. The normalized spacial score (nSPS) is 13.2. The van der Waals surface area contributed by atoms with Gasteiger partial charge in [0.05, 0.1) is 17.5 Å². The van der Waals surface area contributed by atoms with Gasteiger partial charge in [-0.3, -0.25) is 24.1 Å². The second kappa shape index (κ2) is 8.67. The summed E-state index contributed by atoms with van der Waals surface area (Å²) in [6, 6.07) is 10.1. The van der Waals surface area contributed by atoms with Crippen molar-refractivity contribution in [2.75, 3.05) is 13.1 Å². The zero-order valence-electron chi connectivity index (χ0n) is 17.6. The summed E-state index contributed by atoms with van der Waals surface area (Å²) >= 11 is 0. The van der Waals surface area contributed by atoms with Crippen LogP contribution in [0.25, 0.3) is 0 Å². The lowest BCUT2D eigenvalue weighted by Crippen LogP contribution is -2.45. The fraction of sp³-hybridized carbons (Fsp3) is 0.304. The van der Waals surface area contributed by atoms with Gasteiger partial charge in [0.1, 0.15) is 5.82 Å². The van der Waals surface area contributed by atoms with Crippen LogP contribution in [0.15, 0.2) is 42.5 Å². The van der Waals surface area contributed by atoms with Crippen molar-refractivity contribution in [2.24, 2.45) is 0 Å². The van der Waals surface area contributed by atoms with Crippen LogP contribution in [0.1, 0.15) is 57.4 Å². The Balaban J connectivity index is 1.52. The third-order valence-corrected chi connectivity index (χ3v) is 4.83. The third-order valence-electron chi connectivity index (χ3n) is 4.83. The molecule has 1 aliphatic rings. The zero-order chi connectivity index (χ0) is 22.8. The van der Waals surface area contributed by atoms with Gasteiger partial charge in [-0.2, -0.15) is 0 Å². The largest absolute Gasteiger partial charge is 0.354 e. The quantitative estimate of drug-likeness (QED) is 0.548. The van der Waals surface area contributed by atoms with E-state index in [1.54, 1.807) is 20.8 Å². The topological polar surface area (TPSA) is 95.6 Å². The Morgan fingerprint density at radius 2 is 1.52 bits per heavy atom. The van der Waals surface area contributed by atoms with Crippen LogP contribution in [0, 0.1) is 5.82 Å². The van der Waals surface area contributed by atoms with Gasteiger partial charge in [0, 0.05) is 24.2 Å². The van der Waals surface area contributed by atoms with Crippen molar-refractivity contribution in [3.8, 4) is 0 Å². The zero-order valence-corrected chi connectivity index (χ0v) is 17.6. The van der Waals surface area contributed by atoms with Crippen molar-refractivity contribution >= 4 is 23.6 Å². The number of hydrogen-bond donors (Lipinski definition) is 2. The van der Waals surface area contributed by atoms with Crippen LogP contribution >= 0.6 is 0 Å². The molecule has 0 spiro atoms. The third kappa shape index (κ3) is 4.96. The first kappa shape index (κ1) is 22.1. The van der Waals surface area contributed by atoms with Crippen molar-refractivity contribution in [1.82, 2.24) is 15.5 Å². The number of carbonyl (C=O) groups is 4. The number of halogens is 1. The van der Waals surface area contributed by atoms with E-state index in [9.17, 15) is 23.6 Å². The summed E-state index contributed by atoms with van der Waals surface area (Å²) < 4.78 is 12.9. The van der Waals surface area contributed by atoms with E-state index in [-0.39, 0.29) is 53.8 Å². The lowest BCUT2D eigenvalue weighted by molar-refractivity contribution is -0.120.